The third-order valence-electron chi connectivity index (χ3n) is 3.70. The molecular formula is C17H15FN2O3S. The number of thiophene rings is 1. The molecule has 0 fully saturated rings. The number of aliphatic carboxylic acids is 1. The summed E-state index contributed by atoms with van der Waals surface area (Å²) in [4.78, 5) is 29.1. The van der Waals surface area contributed by atoms with Crippen molar-refractivity contribution in [2.45, 2.75) is 26.3 Å². The highest BCUT2D eigenvalue weighted by Crippen LogP contribution is 2.31. The number of rotatable bonds is 5. The van der Waals surface area contributed by atoms with Crippen LogP contribution in [0.5, 0.6) is 0 Å². The molecule has 3 aromatic rings. The van der Waals surface area contributed by atoms with Gasteiger partial charge in [0.15, 0.2) is 0 Å². The van der Waals surface area contributed by atoms with E-state index in [-0.39, 0.29) is 11.4 Å². The molecule has 2 aromatic heterocycles. The van der Waals surface area contributed by atoms with Gasteiger partial charge in [-0.2, -0.15) is 0 Å². The van der Waals surface area contributed by atoms with Crippen LogP contribution >= 0.6 is 11.3 Å². The van der Waals surface area contributed by atoms with Crippen LogP contribution in [0.1, 0.15) is 19.2 Å². The van der Waals surface area contributed by atoms with E-state index in [0.29, 0.717) is 33.6 Å². The van der Waals surface area contributed by atoms with Crippen LogP contribution in [0.2, 0.25) is 0 Å². The largest absolute Gasteiger partial charge is 0.480 e. The lowest BCUT2D eigenvalue weighted by Crippen LogP contribution is -2.28. The Hall–Kier alpha value is -2.54. The molecule has 5 nitrogen and oxygen atoms in total. The fourth-order valence-electron chi connectivity index (χ4n) is 2.62. The highest BCUT2D eigenvalue weighted by Gasteiger charge is 2.18. The van der Waals surface area contributed by atoms with Crippen molar-refractivity contribution in [3.63, 3.8) is 0 Å². The Balaban J connectivity index is 2.26. The molecule has 0 aliphatic carbocycles. The van der Waals surface area contributed by atoms with Crippen molar-refractivity contribution in [3.8, 4) is 11.1 Å². The maximum Gasteiger partial charge on any atom is 0.323 e. The standard InChI is InChI=1S/C17H15FN2O3S/c1-2-3-13-19-16-15(17(23)20(13)8-14(21)22)12(9-24-16)10-4-6-11(18)7-5-10/h4-7,9H,2-3,8H2,1H3,(H,21,22). The molecule has 0 atom stereocenters. The van der Waals surface area contributed by atoms with Gasteiger partial charge in [0.25, 0.3) is 5.56 Å². The second kappa shape index (κ2) is 6.52. The van der Waals surface area contributed by atoms with Gasteiger partial charge in [0.1, 0.15) is 23.0 Å². The predicted molar refractivity (Wildman–Crippen MR) is 90.9 cm³/mol. The Morgan fingerprint density at radius 2 is 2.04 bits per heavy atom. The molecule has 0 spiro atoms. The quantitative estimate of drug-likeness (QED) is 0.769. The van der Waals surface area contributed by atoms with Gasteiger partial charge in [0.05, 0.1) is 5.39 Å². The molecule has 24 heavy (non-hydrogen) atoms. The molecule has 0 saturated carbocycles. The maximum atomic E-state index is 13.1. The van der Waals surface area contributed by atoms with Crippen LogP contribution in [0.4, 0.5) is 4.39 Å². The Bertz CT molecular complexity index is 960. The first-order valence-corrected chi connectivity index (χ1v) is 8.38. The van der Waals surface area contributed by atoms with Crippen molar-refractivity contribution < 1.29 is 14.3 Å². The maximum absolute atomic E-state index is 13.1. The summed E-state index contributed by atoms with van der Waals surface area (Å²) in [5.74, 6) is -0.969. The van der Waals surface area contributed by atoms with E-state index in [0.717, 1.165) is 6.42 Å². The van der Waals surface area contributed by atoms with Crippen LogP contribution in [-0.2, 0) is 17.8 Å². The van der Waals surface area contributed by atoms with E-state index in [1.165, 1.54) is 28.0 Å². The first kappa shape index (κ1) is 16.3. The van der Waals surface area contributed by atoms with E-state index in [4.69, 9.17) is 5.11 Å². The molecule has 1 N–H and O–H groups in total. The zero-order valence-corrected chi connectivity index (χ0v) is 13.8. The second-order valence-corrected chi connectivity index (χ2v) is 6.26. The van der Waals surface area contributed by atoms with Crippen LogP contribution in [0.3, 0.4) is 0 Å². The highest BCUT2D eigenvalue weighted by atomic mass is 32.1. The number of carboxylic acid groups (broad SMARTS) is 1. The number of aromatic nitrogens is 2. The van der Waals surface area contributed by atoms with Crippen LogP contribution < -0.4 is 5.56 Å². The normalized spacial score (nSPS) is 11.1. The molecule has 0 unspecified atom stereocenters. The summed E-state index contributed by atoms with van der Waals surface area (Å²) in [5, 5.41) is 11.3. The van der Waals surface area contributed by atoms with Gasteiger partial charge >= 0.3 is 5.97 Å². The monoisotopic (exact) mass is 346 g/mol. The van der Waals surface area contributed by atoms with Gasteiger partial charge in [-0.25, -0.2) is 9.37 Å². The smallest absolute Gasteiger partial charge is 0.323 e. The van der Waals surface area contributed by atoms with Crippen molar-refractivity contribution in [1.29, 1.82) is 0 Å². The highest BCUT2D eigenvalue weighted by molar-refractivity contribution is 7.17. The molecule has 0 bridgehead atoms. The third kappa shape index (κ3) is 2.94. The van der Waals surface area contributed by atoms with Crippen molar-refractivity contribution in [2.75, 3.05) is 0 Å². The topological polar surface area (TPSA) is 72.2 Å². The average molecular weight is 346 g/mol. The van der Waals surface area contributed by atoms with Crippen molar-refractivity contribution in [2.24, 2.45) is 0 Å². The molecule has 3 rings (SSSR count). The van der Waals surface area contributed by atoms with Gasteiger partial charge in [-0.1, -0.05) is 19.1 Å². The van der Waals surface area contributed by atoms with Crippen LogP contribution in [0.25, 0.3) is 21.3 Å². The van der Waals surface area contributed by atoms with E-state index in [2.05, 4.69) is 4.98 Å². The molecule has 0 aliphatic heterocycles. The number of hydrogen-bond donors (Lipinski definition) is 1. The van der Waals surface area contributed by atoms with Crippen LogP contribution in [-0.4, -0.2) is 20.6 Å². The summed E-state index contributed by atoms with van der Waals surface area (Å²) in [7, 11) is 0. The van der Waals surface area contributed by atoms with E-state index in [1.807, 2.05) is 6.92 Å². The van der Waals surface area contributed by atoms with Crippen LogP contribution in [0, 0.1) is 5.82 Å². The van der Waals surface area contributed by atoms with Gasteiger partial charge in [-0.05, 0) is 24.1 Å². The molecule has 7 heteroatoms. The molecule has 0 aliphatic rings. The number of benzene rings is 1. The minimum Gasteiger partial charge on any atom is -0.480 e. The van der Waals surface area contributed by atoms with Gasteiger partial charge in [-0.3, -0.25) is 14.2 Å². The summed E-state index contributed by atoms with van der Waals surface area (Å²) in [6, 6.07) is 5.84. The zero-order chi connectivity index (χ0) is 17.3. The minimum atomic E-state index is -1.09. The summed E-state index contributed by atoms with van der Waals surface area (Å²) in [6.45, 7) is 1.52. The van der Waals surface area contributed by atoms with E-state index >= 15 is 0 Å². The molecular weight excluding hydrogens is 331 g/mol. The number of nitrogens with zero attached hydrogens (tertiary/aromatic N) is 2. The fraction of sp³-hybridized carbons (Fsp3) is 0.235. The lowest BCUT2D eigenvalue weighted by molar-refractivity contribution is -0.137. The first-order valence-electron chi connectivity index (χ1n) is 7.50. The minimum absolute atomic E-state index is 0.357. The average Bonchev–Trinajstić information content (AvgIpc) is 2.96. The number of hydrogen-bond acceptors (Lipinski definition) is 4. The van der Waals surface area contributed by atoms with Crippen LogP contribution in [0.15, 0.2) is 34.4 Å². The van der Waals surface area contributed by atoms with Crippen molar-refractivity contribution >= 4 is 27.5 Å². The predicted octanol–water partition coefficient (Wildman–Crippen LogP) is 3.30. The van der Waals surface area contributed by atoms with Gasteiger partial charge in [0, 0.05) is 17.4 Å². The Morgan fingerprint density at radius 3 is 2.67 bits per heavy atom. The lowest BCUT2D eigenvalue weighted by atomic mass is 10.1. The van der Waals surface area contributed by atoms with Gasteiger partial charge < -0.3 is 5.11 Å². The van der Waals surface area contributed by atoms with E-state index in [9.17, 15) is 14.0 Å². The number of carboxylic acids is 1. The lowest BCUT2D eigenvalue weighted by Gasteiger charge is -2.10. The SMILES string of the molecule is CCCc1nc2scc(-c3ccc(F)cc3)c2c(=O)n1CC(=O)O. The van der Waals surface area contributed by atoms with Gasteiger partial charge in [-0.15, -0.1) is 11.3 Å². The van der Waals surface area contributed by atoms with E-state index in [1.54, 1.807) is 17.5 Å². The summed E-state index contributed by atoms with van der Waals surface area (Å²) < 4.78 is 14.3. The molecule has 1 aromatic carbocycles. The Morgan fingerprint density at radius 1 is 1.33 bits per heavy atom. The zero-order valence-electron chi connectivity index (χ0n) is 13.0. The summed E-state index contributed by atoms with van der Waals surface area (Å²) in [6.07, 6.45) is 1.29. The Labute approximate surface area is 141 Å². The fourth-order valence-corrected chi connectivity index (χ4v) is 3.58. The third-order valence-corrected chi connectivity index (χ3v) is 4.57. The Kier molecular flexibility index (Phi) is 4.44. The number of halogens is 1. The number of aryl methyl sites for hydroxylation is 1. The second-order valence-electron chi connectivity index (χ2n) is 5.40. The van der Waals surface area contributed by atoms with Crippen molar-refractivity contribution in [3.05, 3.63) is 51.6 Å². The molecule has 2 heterocycles. The number of carbonyl (C=O) groups is 1. The molecule has 124 valence electrons. The molecule has 0 radical (unpaired) electrons. The summed E-state index contributed by atoms with van der Waals surface area (Å²) >= 11 is 1.33. The molecule has 0 amide bonds. The summed E-state index contributed by atoms with van der Waals surface area (Å²) in [5.41, 5.74) is 0.979. The van der Waals surface area contributed by atoms with Gasteiger partial charge in [0.2, 0.25) is 0 Å². The van der Waals surface area contributed by atoms with E-state index < -0.39 is 12.5 Å². The molecule has 0 saturated heterocycles. The number of fused-ring (bicyclic) bond motifs is 1. The van der Waals surface area contributed by atoms with Crippen molar-refractivity contribution in [1.82, 2.24) is 9.55 Å². The first-order chi connectivity index (χ1) is 11.5.